The molecule has 0 aliphatic heterocycles. The van der Waals surface area contributed by atoms with E-state index in [4.69, 9.17) is 20.3 Å². The van der Waals surface area contributed by atoms with E-state index < -0.39 is 62.4 Å². The van der Waals surface area contributed by atoms with Gasteiger partial charge in [0.15, 0.2) is 6.10 Å². The van der Waals surface area contributed by atoms with Crippen LogP contribution in [0, 0.1) is 5.92 Å². The summed E-state index contributed by atoms with van der Waals surface area (Å²) in [4.78, 5) is 54.7. The van der Waals surface area contributed by atoms with Crippen LogP contribution < -0.4 is 5.73 Å². The van der Waals surface area contributed by atoms with Gasteiger partial charge >= 0.3 is 25.7 Å². The van der Waals surface area contributed by atoms with E-state index in [1.54, 1.807) is 18.2 Å². The van der Waals surface area contributed by atoms with Crippen LogP contribution in [0.4, 0.5) is 0 Å². The van der Waals surface area contributed by atoms with E-state index in [0.717, 1.165) is 38.0 Å². The minimum atomic E-state index is -4.91. The van der Waals surface area contributed by atoms with Crippen molar-refractivity contribution in [3.8, 4) is 0 Å². The number of hydrogen-bond acceptors (Lipinski definition) is 10. The van der Waals surface area contributed by atoms with Crippen molar-refractivity contribution in [3.63, 3.8) is 0 Å². The number of aliphatic hydroxyl groups excluding tert-OH is 1. The fraction of sp³-hybridized carbons (Fsp3) is 0.738. The number of phosphoric ester groups is 1. The molecular formula is C42H74NO11PS. The molecular weight excluding hydrogens is 757 g/mol. The Labute approximate surface area is 341 Å². The van der Waals surface area contributed by atoms with Crippen molar-refractivity contribution in [1.29, 1.82) is 0 Å². The minimum absolute atomic E-state index is 0.00218. The lowest BCUT2D eigenvalue weighted by atomic mass is 10.0. The van der Waals surface area contributed by atoms with Crippen molar-refractivity contribution < 1.29 is 52.9 Å². The number of carbonyl (C=O) groups excluding carboxylic acids is 2. The molecule has 0 aromatic rings. The third kappa shape index (κ3) is 36.1. The highest BCUT2D eigenvalue weighted by atomic mass is 32.2. The molecule has 0 amide bonds. The molecule has 0 bridgehead atoms. The zero-order valence-corrected chi connectivity index (χ0v) is 36.1. The molecule has 56 heavy (non-hydrogen) atoms. The quantitative estimate of drug-likeness (QED) is 0.0131. The van der Waals surface area contributed by atoms with Crippen LogP contribution in [0.15, 0.2) is 48.6 Å². The molecule has 0 heterocycles. The molecule has 6 N–H and O–H groups in total. The van der Waals surface area contributed by atoms with Crippen molar-refractivity contribution in [3.05, 3.63) is 48.6 Å². The predicted molar refractivity (Wildman–Crippen MR) is 226 cm³/mol. The Bertz CT molecular complexity index is 1190. The minimum Gasteiger partial charge on any atom is -0.481 e. The molecule has 14 heteroatoms. The monoisotopic (exact) mass is 831 g/mol. The number of carbonyl (C=O) groups is 3. The van der Waals surface area contributed by atoms with Crippen LogP contribution in [0.5, 0.6) is 0 Å². The van der Waals surface area contributed by atoms with Gasteiger partial charge in [0.1, 0.15) is 12.6 Å². The Morgan fingerprint density at radius 1 is 0.768 bits per heavy atom. The van der Waals surface area contributed by atoms with Gasteiger partial charge in [-0.05, 0) is 44.4 Å². The van der Waals surface area contributed by atoms with Gasteiger partial charge in [0.2, 0.25) is 0 Å². The molecule has 0 spiro atoms. The fourth-order valence-corrected chi connectivity index (χ4v) is 7.00. The third-order valence-electron chi connectivity index (χ3n) is 8.78. The van der Waals surface area contributed by atoms with E-state index in [1.807, 2.05) is 18.2 Å². The smallest absolute Gasteiger partial charge is 0.469 e. The van der Waals surface area contributed by atoms with Crippen molar-refractivity contribution in [2.45, 2.75) is 173 Å². The van der Waals surface area contributed by atoms with Crippen molar-refractivity contribution in [2.24, 2.45) is 11.7 Å². The number of ether oxygens (including phenoxy) is 2. The third-order valence-corrected chi connectivity index (χ3v) is 10.7. The van der Waals surface area contributed by atoms with Crippen LogP contribution >= 0.6 is 19.6 Å². The maximum Gasteiger partial charge on any atom is 0.469 e. The number of phosphoric acid groups is 1. The maximum atomic E-state index is 12.9. The maximum absolute atomic E-state index is 12.9. The molecule has 0 aromatic carbocycles. The lowest BCUT2D eigenvalue weighted by Gasteiger charge is -2.23. The molecule has 0 fully saturated rings. The van der Waals surface area contributed by atoms with Crippen LogP contribution in [0.25, 0.3) is 0 Å². The molecule has 0 rings (SSSR count). The first kappa shape index (κ1) is 53.8. The van der Waals surface area contributed by atoms with E-state index in [9.17, 15) is 33.8 Å². The molecule has 0 aliphatic rings. The highest BCUT2D eigenvalue weighted by molar-refractivity contribution is 8.00. The highest BCUT2D eigenvalue weighted by Gasteiger charge is 2.27. The summed E-state index contributed by atoms with van der Waals surface area (Å²) in [7, 11) is -4.91. The number of unbranched alkanes of at least 4 members (excludes halogenated alkanes) is 12. The van der Waals surface area contributed by atoms with E-state index in [0.29, 0.717) is 6.42 Å². The Morgan fingerprint density at radius 3 is 2.04 bits per heavy atom. The second kappa shape index (κ2) is 35.9. The SMILES string of the molecule is CCCCC/C=C\C\C=C/C=C/C=C/[C@@H](SC[C@H](N)C(=O)O[C@H](COC(=O)CCCCCCCCCCCCC(C)C)COP(=O)(O)O)[C@@H](O)CCCC(=O)O. The lowest BCUT2D eigenvalue weighted by molar-refractivity contribution is -0.161. The topological polar surface area (TPSA) is 203 Å². The Hall–Kier alpha value is -2.25. The lowest BCUT2D eigenvalue weighted by Crippen LogP contribution is -2.40. The van der Waals surface area contributed by atoms with Gasteiger partial charge in [-0.25, -0.2) is 4.57 Å². The van der Waals surface area contributed by atoms with Crippen LogP contribution in [0.2, 0.25) is 0 Å². The van der Waals surface area contributed by atoms with Crippen LogP contribution in [-0.4, -0.2) is 80.4 Å². The number of aliphatic hydroxyl groups is 1. The zero-order chi connectivity index (χ0) is 41.9. The van der Waals surface area contributed by atoms with Crippen LogP contribution in [0.1, 0.15) is 149 Å². The summed E-state index contributed by atoms with van der Waals surface area (Å²) in [6.45, 7) is 5.51. The zero-order valence-electron chi connectivity index (χ0n) is 34.3. The van der Waals surface area contributed by atoms with Gasteiger partial charge in [0, 0.05) is 23.8 Å². The Balaban J connectivity index is 4.93. The summed E-state index contributed by atoms with van der Waals surface area (Å²) in [5.41, 5.74) is 6.11. The number of carboxylic acids is 1. The average molecular weight is 832 g/mol. The normalized spacial score (nSPS) is 14.6. The first-order valence-corrected chi connectivity index (χ1v) is 23.3. The molecule has 12 nitrogen and oxygen atoms in total. The summed E-state index contributed by atoms with van der Waals surface area (Å²) in [6, 6.07) is -1.20. The van der Waals surface area contributed by atoms with Gasteiger partial charge in [-0.2, -0.15) is 0 Å². The van der Waals surface area contributed by atoms with Gasteiger partial charge < -0.3 is 35.2 Å². The number of esters is 2. The number of rotatable bonds is 37. The molecule has 0 saturated carbocycles. The summed E-state index contributed by atoms with van der Waals surface area (Å²) in [5, 5.41) is 19.3. The van der Waals surface area contributed by atoms with Gasteiger partial charge in [-0.1, -0.05) is 146 Å². The van der Waals surface area contributed by atoms with Crippen molar-refractivity contribution in [1.82, 2.24) is 0 Å². The first-order chi connectivity index (χ1) is 26.7. The Morgan fingerprint density at radius 2 is 1.41 bits per heavy atom. The number of hydrogen-bond donors (Lipinski definition) is 5. The average Bonchev–Trinajstić information content (AvgIpc) is 3.13. The molecule has 0 aliphatic carbocycles. The Kier molecular flexibility index (Phi) is 34.4. The highest BCUT2D eigenvalue weighted by Crippen LogP contribution is 2.36. The molecule has 0 saturated heterocycles. The van der Waals surface area contributed by atoms with Gasteiger partial charge in [0.05, 0.1) is 12.7 Å². The van der Waals surface area contributed by atoms with Gasteiger partial charge in [-0.15, -0.1) is 11.8 Å². The van der Waals surface area contributed by atoms with Gasteiger partial charge in [0.25, 0.3) is 0 Å². The van der Waals surface area contributed by atoms with E-state index in [-0.39, 0.29) is 31.4 Å². The van der Waals surface area contributed by atoms with Crippen LogP contribution in [-0.2, 0) is 32.9 Å². The molecule has 0 unspecified atom stereocenters. The summed E-state index contributed by atoms with van der Waals surface area (Å²) in [5.74, 6) is -1.62. The van der Waals surface area contributed by atoms with Gasteiger partial charge in [-0.3, -0.25) is 18.9 Å². The molecule has 4 atom stereocenters. The fourth-order valence-electron chi connectivity index (χ4n) is 5.51. The summed E-state index contributed by atoms with van der Waals surface area (Å²) in [6.07, 6.45) is 31.8. The largest absolute Gasteiger partial charge is 0.481 e. The summed E-state index contributed by atoms with van der Waals surface area (Å²) >= 11 is 1.18. The van der Waals surface area contributed by atoms with E-state index in [2.05, 4.69) is 37.4 Å². The molecule has 0 aromatic heterocycles. The predicted octanol–water partition coefficient (Wildman–Crippen LogP) is 9.13. The number of aliphatic carboxylic acids is 1. The molecule has 324 valence electrons. The second-order valence-corrected chi connectivity index (χ2v) is 17.1. The second-order valence-electron chi connectivity index (χ2n) is 14.7. The standard InChI is InChI=1S/C42H74NO11PS/c1-4-5-6-7-8-9-10-11-15-18-21-24-29-39(38(44)28-26-30-40(45)46)56-34-37(43)42(48)54-36(33-53-55(49,50)51)32-52-41(47)31-25-22-19-16-13-12-14-17-20-23-27-35(2)3/h8-9,11,15,18,21,24,29,35-39,44H,4-7,10,12-14,16-17,19-20,22-23,25-28,30-34,43H2,1-3H3,(H,45,46)(H2,49,50,51)/b9-8-,15-11-,21-18+,29-24+/t36-,37+,38+,39-/m1/s1. The van der Waals surface area contributed by atoms with E-state index >= 15 is 0 Å². The van der Waals surface area contributed by atoms with E-state index in [1.165, 1.54) is 76.0 Å². The van der Waals surface area contributed by atoms with Crippen molar-refractivity contribution >= 4 is 37.5 Å². The first-order valence-electron chi connectivity index (χ1n) is 20.7. The summed E-state index contributed by atoms with van der Waals surface area (Å²) < 4.78 is 26.5. The van der Waals surface area contributed by atoms with Crippen LogP contribution in [0.3, 0.4) is 0 Å². The van der Waals surface area contributed by atoms with Crippen molar-refractivity contribution in [2.75, 3.05) is 19.0 Å². The number of thioether (sulfide) groups is 1. The number of carboxylic acid groups (broad SMARTS) is 1. The number of nitrogens with two attached hydrogens (primary N) is 1. The molecule has 0 radical (unpaired) electrons. The number of allylic oxidation sites excluding steroid dienone is 7.